The number of nitrogens with two attached hydrogens (primary N) is 1. The van der Waals surface area contributed by atoms with Gasteiger partial charge in [0.1, 0.15) is 11.0 Å². The Kier molecular flexibility index (Phi) is 3.82. The number of thiazole rings is 1. The van der Waals surface area contributed by atoms with Gasteiger partial charge >= 0.3 is 7.60 Å². The second-order valence-electron chi connectivity index (χ2n) is 4.60. The summed E-state index contributed by atoms with van der Waals surface area (Å²) < 4.78 is 16.6. The van der Waals surface area contributed by atoms with E-state index in [-0.39, 0.29) is 11.1 Å². The molecule has 0 saturated carbocycles. The number of hydrogen-bond acceptors (Lipinski definition) is 5. The van der Waals surface area contributed by atoms with E-state index in [1.54, 1.807) is 0 Å². The molecule has 0 spiro atoms. The van der Waals surface area contributed by atoms with E-state index in [1.807, 2.05) is 13.8 Å². The standard InChI is InChI=1S/C11H15N2O4PS/c1-6(2)5-8-9(13-11(12)19-8)10-7(3-4-17-10)18(14,15)16/h3-4,6H,5H2,1-2H3,(H2,12,13)(H2,14,15,16). The first-order chi connectivity index (χ1) is 8.79. The van der Waals surface area contributed by atoms with Crippen molar-refractivity contribution in [1.82, 2.24) is 4.98 Å². The molecule has 0 fully saturated rings. The highest BCUT2D eigenvalue weighted by Gasteiger charge is 2.28. The zero-order valence-electron chi connectivity index (χ0n) is 10.5. The van der Waals surface area contributed by atoms with Crippen LogP contribution in [0.2, 0.25) is 0 Å². The van der Waals surface area contributed by atoms with Gasteiger partial charge in [0.05, 0.1) is 6.26 Å². The summed E-state index contributed by atoms with van der Waals surface area (Å²) >= 11 is 1.31. The molecular formula is C11H15N2O4PS. The number of aromatic nitrogens is 1. The smallest absolute Gasteiger partial charge is 0.360 e. The summed E-state index contributed by atoms with van der Waals surface area (Å²) in [7, 11) is -4.39. The Bertz CT molecular complexity index is 628. The van der Waals surface area contributed by atoms with E-state index >= 15 is 0 Å². The van der Waals surface area contributed by atoms with Crippen LogP contribution in [0.4, 0.5) is 5.13 Å². The first-order valence-electron chi connectivity index (χ1n) is 5.68. The fraction of sp³-hybridized carbons (Fsp3) is 0.364. The molecule has 4 N–H and O–H groups in total. The van der Waals surface area contributed by atoms with Gasteiger partial charge in [-0.15, -0.1) is 11.3 Å². The van der Waals surface area contributed by atoms with Gasteiger partial charge < -0.3 is 19.9 Å². The van der Waals surface area contributed by atoms with Gasteiger partial charge in [-0.25, -0.2) is 4.98 Å². The third-order valence-corrected chi connectivity index (χ3v) is 4.37. The van der Waals surface area contributed by atoms with Crippen molar-refractivity contribution in [3.63, 3.8) is 0 Å². The van der Waals surface area contributed by atoms with Crippen LogP contribution in [0.15, 0.2) is 16.7 Å². The molecule has 0 aliphatic heterocycles. The third kappa shape index (κ3) is 3.06. The largest absolute Gasteiger partial charge is 0.462 e. The first-order valence-corrected chi connectivity index (χ1v) is 8.11. The minimum atomic E-state index is -4.39. The van der Waals surface area contributed by atoms with Crippen LogP contribution < -0.4 is 11.0 Å². The van der Waals surface area contributed by atoms with Gasteiger partial charge in [-0.05, 0) is 18.4 Å². The van der Waals surface area contributed by atoms with E-state index in [1.165, 1.54) is 23.7 Å². The SMILES string of the molecule is CC(C)Cc1sc(N)nc1-c1occc1P(=O)(O)O. The minimum absolute atomic E-state index is 0.108. The van der Waals surface area contributed by atoms with E-state index in [4.69, 9.17) is 10.2 Å². The van der Waals surface area contributed by atoms with Crippen LogP contribution in [0, 0.1) is 5.92 Å². The summed E-state index contributed by atoms with van der Waals surface area (Å²) in [4.78, 5) is 23.6. The van der Waals surface area contributed by atoms with Crippen LogP contribution in [0.25, 0.3) is 11.5 Å². The molecule has 0 aromatic carbocycles. The van der Waals surface area contributed by atoms with Crippen molar-refractivity contribution in [2.24, 2.45) is 5.92 Å². The maximum atomic E-state index is 11.4. The quantitative estimate of drug-likeness (QED) is 0.745. The molecule has 0 aliphatic carbocycles. The first kappa shape index (κ1) is 14.3. The maximum Gasteiger partial charge on any atom is 0.360 e. The fourth-order valence-corrected chi connectivity index (χ4v) is 3.48. The molecule has 0 aliphatic rings. The molecule has 0 atom stereocenters. The fourth-order valence-electron chi connectivity index (χ4n) is 1.77. The zero-order chi connectivity index (χ0) is 14.2. The number of rotatable bonds is 4. The summed E-state index contributed by atoms with van der Waals surface area (Å²) in [5, 5.41) is 0.210. The topological polar surface area (TPSA) is 110 Å². The molecular weight excluding hydrogens is 287 g/mol. The van der Waals surface area contributed by atoms with Crippen molar-refractivity contribution in [2.75, 3.05) is 5.73 Å². The highest BCUT2D eigenvalue weighted by molar-refractivity contribution is 7.60. The van der Waals surface area contributed by atoms with Crippen LogP contribution in [-0.2, 0) is 11.0 Å². The van der Waals surface area contributed by atoms with Crippen LogP contribution in [0.5, 0.6) is 0 Å². The lowest BCUT2D eigenvalue weighted by atomic mass is 10.1. The number of nitrogens with zero attached hydrogens (tertiary/aromatic N) is 1. The van der Waals surface area contributed by atoms with Crippen molar-refractivity contribution >= 4 is 29.4 Å². The number of furan rings is 1. The summed E-state index contributed by atoms with van der Waals surface area (Å²) in [5.41, 5.74) is 6.12. The van der Waals surface area contributed by atoms with Gasteiger partial charge in [-0.1, -0.05) is 13.8 Å². The van der Waals surface area contributed by atoms with Crippen molar-refractivity contribution in [3.8, 4) is 11.5 Å². The Balaban J connectivity index is 2.54. The molecule has 0 saturated heterocycles. The van der Waals surface area contributed by atoms with Gasteiger partial charge in [0.25, 0.3) is 0 Å². The van der Waals surface area contributed by atoms with Crippen molar-refractivity contribution in [2.45, 2.75) is 20.3 Å². The Morgan fingerprint density at radius 3 is 2.79 bits per heavy atom. The third-order valence-electron chi connectivity index (χ3n) is 2.48. The van der Waals surface area contributed by atoms with E-state index in [0.717, 1.165) is 11.3 Å². The molecule has 2 heterocycles. The zero-order valence-corrected chi connectivity index (χ0v) is 12.2. The highest BCUT2D eigenvalue weighted by atomic mass is 32.1. The van der Waals surface area contributed by atoms with Crippen molar-refractivity contribution in [3.05, 3.63) is 17.2 Å². The van der Waals surface area contributed by atoms with Gasteiger partial charge in [0, 0.05) is 4.88 Å². The molecule has 2 rings (SSSR count). The van der Waals surface area contributed by atoms with Gasteiger partial charge in [0.2, 0.25) is 0 Å². The molecule has 6 nitrogen and oxygen atoms in total. The molecule has 2 aromatic heterocycles. The molecule has 0 radical (unpaired) electrons. The van der Waals surface area contributed by atoms with Crippen LogP contribution >= 0.6 is 18.9 Å². The number of hydrogen-bond donors (Lipinski definition) is 3. The van der Waals surface area contributed by atoms with Crippen molar-refractivity contribution in [1.29, 1.82) is 0 Å². The molecule has 104 valence electrons. The Morgan fingerprint density at radius 1 is 1.53 bits per heavy atom. The normalized spacial score (nSPS) is 12.3. The van der Waals surface area contributed by atoms with Crippen LogP contribution in [0.1, 0.15) is 18.7 Å². The summed E-state index contributed by atoms with van der Waals surface area (Å²) in [6, 6.07) is 1.27. The van der Waals surface area contributed by atoms with E-state index in [9.17, 15) is 14.4 Å². The highest BCUT2D eigenvalue weighted by Crippen LogP contribution is 2.40. The average molecular weight is 302 g/mol. The monoisotopic (exact) mass is 302 g/mol. The Morgan fingerprint density at radius 2 is 2.21 bits per heavy atom. The lowest BCUT2D eigenvalue weighted by Gasteiger charge is -2.06. The van der Waals surface area contributed by atoms with Crippen LogP contribution in [0.3, 0.4) is 0 Å². The van der Waals surface area contributed by atoms with E-state index in [0.29, 0.717) is 16.7 Å². The van der Waals surface area contributed by atoms with Crippen molar-refractivity contribution < 1.29 is 18.8 Å². The lowest BCUT2D eigenvalue weighted by molar-refractivity contribution is 0.387. The average Bonchev–Trinajstić information content (AvgIpc) is 2.82. The predicted molar refractivity (Wildman–Crippen MR) is 74.4 cm³/mol. The Hall–Kier alpha value is -1.14. The second kappa shape index (κ2) is 5.09. The molecule has 0 bridgehead atoms. The maximum absolute atomic E-state index is 11.4. The molecule has 2 aromatic rings. The number of anilines is 1. The predicted octanol–water partition coefficient (Wildman–Crippen LogP) is 1.99. The summed E-state index contributed by atoms with van der Waals surface area (Å²) in [6.45, 7) is 4.09. The minimum Gasteiger partial charge on any atom is -0.462 e. The molecule has 0 amide bonds. The summed E-state index contributed by atoms with van der Waals surface area (Å²) in [5.74, 6) is 0.490. The Labute approximate surface area is 114 Å². The molecule has 0 unspecified atom stereocenters. The van der Waals surface area contributed by atoms with Crippen LogP contribution in [-0.4, -0.2) is 14.8 Å². The van der Waals surface area contributed by atoms with E-state index < -0.39 is 7.60 Å². The molecule has 19 heavy (non-hydrogen) atoms. The van der Waals surface area contributed by atoms with Gasteiger partial charge in [0.15, 0.2) is 10.9 Å². The number of nitrogen functional groups attached to an aromatic ring is 1. The van der Waals surface area contributed by atoms with E-state index in [2.05, 4.69) is 4.98 Å². The second-order valence-corrected chi connectivity index (χ2v) is 7.29. The molecule has 8 heteroatoms. The lowest BCUT2D eigenvalue weighted by Crippen LogP contribution is -2.05. The van der Waals surface area contributed by atoms with Gasteiger partial charge in [-0.2, -0.15) is 0 Å². The van der Waals surface area contributed by atoms with Gasteiger partial charge in [-0.3, -0.25) is 4.57 Å². The summed E-state index contributed by atoms with van der Waals surface area (Å²) in [6.07, 6.45) is 1.98.